The van der Waals surface area contributed by atoms with Crippen molar-refractivity contribution < 1.29 is 19.1 Å². The van der Waals surface area contributed by atoms with E-state index in [9.17, 15) is 4.79 Å². The van der Waals surface area contributed by atoms with E-state index < -0.39 is 5.97 Å². The number of rotatable bonds is 7. The minimum Gasteiger partial charge on any atom is -0.493 e. The molecule has 1 aliphatic rings. The van der Waals surface area contributed by atoms with Crippen LogP contribution in [0.1, 0.15) is 52.5 Å². The lowest BCUT2D eigenvalue weighted by atomic mass is 9.98. The number of hydrogen-bond donors (Lipinski definition) is 1. The third-order valence-corrected chi connectivity index (χ3v) is 5.99. The first-order chi connectivity index (χ1) is 14.4. The second kappa shape index (κ2) is 8.34. The van der Waals surface area contributed by atoms with Gasteiger partial charge in [0.05, 0.1) is 18.7 Å². The van der Waals surface area contributed by atoms with Gasteiger partial charge in [0.25, 0.3) is 0 Å². The van der Waals surface area contributed by atoms with Gasteiger partial charge in [0, 0.05) is 12.0 Å². The fourth-order valence-electron chi connectivity index (χ4n) is 4.12. The summed E-state index contributed by atoms with van der Waals surface area (Å²) in [6, 6.07) is 12.2. The molecule has 1 aromatic heterocycles. The molecule has 3 aromatic rings. The smallest absolute Gasteiger partial charge is 0.303 e. The molecule has 0 radical (unpaired) electrons. The molecule has 5 nitrogen and oxygen atoms in total. The van der Waals surface area contributed by atoms with Crippen LogP contribution >= 0.6 is 0 Å². The van der Waals surface area contributed by atoms with Crippen LogP contribution in [0.25, 0.3) is 11.5 Å². The molecule has 2 aromatic carbocycles. The van der Waals surface area contributed by atoms with Crippen molar-refractivity contribution in [1.82, 2.24) is 4.98 Å². The van der Waals surface area contributed by atoms with Crippen molar-refractivity contribution in [2.75, 3.05) is 6.61 Å². The quantitative estimate of drug-likeness (QED) is 0.570. The lowest BCUT2D eigenvalue weighted by Gasteiger charge is -2.10. The summed E-state index contributed by atoms with van der Waals surface area (Å²) < 4.78 is 11.8. The molecule has 0 saturated carbocycles. The number of oxazole rings is 1. The number of aryl methyl sites for hydroxylation is 4. The largest absolute Gasteiger partial charge is 0.493 e. The Morgan fingerprint density at radius 3 is 2.77 bits per heavy atom. The molecule has 1 N–H and O–H groups in total. The van der Waals surface area contributed by atoms with Gasteiger partial charge in [-0.15, -0.1) is 0 Å². The summed E-state index contributed by atoms with van der Waals surface area (Å²) in [4.78, 5) is 15.7. The van der Waals surface area contributed by atoms with E-state index in [4.69, 9.17) is 14.3 Å². The summed E-state index contributed by atoms with van der Waals surface area (Å²) in [5, 5.41) is 9.06. The topological polar surface area (TPSA) is 72.6 Å². The van der Waals surface area contributed by atoms with E-state index >= 15 is 0 Å². The van der Waals surface area contributed by atoms with Gasteiger partial charge in [-0.1, -0.05) is 12.1 Å². The molecule has 0 aliphatic heterocycles. The van der Waals surface area contributed by atoms with Crippen molar-refractivity contribution in [3.8, 4) is 17.2 Å². The van der Waals surface area contributed by atoms with Gasteiger partial charge in [-0.05, 0) is 86.1 Å². The number of aliphatic carboxylic acids is 1. The number of carbonyl (C=O) groups is 1. The first-order valence-corrected chi connectivity index (χ1v) is 10.4. The highest BCUT2D eigenvalue weighted by Gasteiger charge is 2.25. The molecule has 1 heterocycles. The van der Waals surface area contributed by atoms with E-state index in [1.54, 1.807) is 0 Å². The van der Waals surface area contributed by atoms with Crippen LogP contribution in [0.2, 0.25) is 0 Å². The highest BCUT2D eigenvalue weighted by molar-refractivity contribution is 5.68. The summed E-state index contributed by atoms with van der Waals surface area (Å²) in [6.45, 7) is 6.62. The first kappa shape index (κ1) is 20.2. The van der Waals surface area contributed by atoms with Gasteiger partial charge < -0.3 is 14.3 Å². The van der Waals surface area contributed by atoms with E-state index in [2.05, 4.69) is 31.0 Å². The number of benzene rings is 2. The van der Waals surface area contributed by atoms with Crippen LogP contribution in [0.3, 0.4) is 0 Å². The Bertz CT molecular complexity index is 1080. The molecule has 1 atom stereocenters. The third-order valence-electron chi connectivity index (χ3n) is 5.99. The van der Waals surface area contributed by atoms with Crippen LogP contribution in [-0.4, -0.2) is 22.7 Å². The number of fused-ring (bicyclic) bond motifs is 1. The van der Waals surface area contributed by atoms with Gasteiger partial charge in [0.1, 0.15) is 11.5 Å². The van der Waals surface area contributed by atoms with Gasteiger partial charge >= 0.3 is 5.97 Å². The normalized spacial score (nSPS) is 15.2. The Hall–Kier alpha value is -3.08. The SMILES string of the molecule is Cc1ccc(-c2nc(CCOc3ccc4c(c3)CCC4CC(=O)O)c(C)o2)cc1C. The molecule has 156 valence electrons. The zero-order valence-corrected chi connectivity index (χ0v) is 17.7. The Labute approximate surface area is 176 Å². The molecule has 4 rings (SSSR count). The molecule has 30 heavy (non-hydrogen) atoms. The summed E-state index contributed by atoms with van der Waals surface area (Å²) >= 11 is 0. The first-order valence-electron chi connectivity index (χ1n) is 10.4. The highest BCUT2D eigenvalue weighted by atomic mass is 16.5. The Kier molecular flexibility index (Phi) is 5.62. The van der Waals surface area contributed by atoms with Crippen LogP contribution in [0, 0.1) is 20.8 Å². The predicted octanol–water partition coefficient (Wildman–Crippen LogP) is 5.39. The van der Waals surface area contributed by atoms with E-state index in [0.717, 1.165) is 41.2 Å². The molecule has 0 amide bonds. The van der Waals surface area contributed by atoms with Crippen molar-refractivity contribution in [1.29, 1.82) is 0 Å². The van der Waals surface area contributed by atoms with E-state index in [1.165, 1.54) is 16.7 Å². The number of nitrogens with zero attached hydrogens (tertiary/aromatic N) is 1. The minimum absolute atomic E-state index is 0.119. The lowest BCUT2D eigenvalue weighted by molar-refractivity contribution is -0.137. The molecular formula is C25H27NO4. The second-order valence-electron chi connectivity index (χ2n) is 8.11. The molecule has 0 spiro atoms. The lowest BCUT2D eigenvalue weighted by Crippen LogP contribution is -2.04. The average molecular weight is 405 g/mol. The van der Waals surface area contributed by atoms with Crippen molar-refractivity contribution in [3.63, 3.8) is 0 Å². The Morgan fingerprint density at radius 2 is 2.00 bits per heavy atom. The molecule has 0 bridgehead atoms. The van der Waals surface area contributed by atoms with Crippen LogP contribution in [0.4, 0.5) is 0 Å². The zero-order chi connectivity index (χ0) is 21.3. The van der Waals surface area contributed by atoms with E-state index in [-0.39, 0.29) is 12.3 Å². The maximum absolute atomic E-state index is 11.0. The Balaban J connectivity index is 1.39. The summed E-state index contributed by atoms with van der Waals surface area (Å²) in [7, 11) is 0. The summed E-state index contributed by atoms with van der Waals surface area (Å²) in [5.74, 6) is 1.66. The standard InChI is InChI=1S/C25H27NO4/c1-15-4-5-20(12-16(15)2)25-26-23(17(3)30-25)10-11-29-21-8-9-22-18(13-21)6-7-19(22)14-24(27)28/h4-5,8-9,12-13,19H,6-7,10-11,14H2,1-3H3,(H,27,28). The summed E-state index contributed by atoms with van der Waals surface area (Å²) in [5.41, 5.74) is 6.71. The number of aromatic nitrogens is 1. The highest BCUT2D eigenvalue weighted by Crippen LogP contribution is 2.37. The minimum atomic E-state index is -0.740. The van der Waals surface area contributed by atoms with Gasteiger partial charge in [-0.3, -0.25) is 4.79 Å². The van der Waals surface area contributed by atoms with E-state index in [0.29, 0.717) is 18.9 Å². The monoisotopic (exact) mass is 405 g/mol. The van der Waals surface area contributed by atoms with Gasteiger partial charge in [-0.25, -0.2) is 4.98 Å². The van der Waals surface area contributed by atoms with Crippen LogP contribution in [0.15, 0.2) is 40.8 Å². The fraction of sp³-hybridized carbons (Fsp3) is 0.360. The molecule has 1 aliphatic carbocycles. The maximum atomic E-state index is 11.0. The molecule has 0 fully saturated rings. The molecule has 0 saturated heterocycles. The van der Waals surface area contributed by atoms with Gasteiger partial charge in [0.15, 0.2) is 0 Å². The van der Waals surface area contributed by atoms with Crippen molar-refractivity contribution in [2.45, 2.75) is 52.4 Å². The number of ether oxygens (including phenoxy) is 1. The second-order valence-corrected chi connectivity index (χ2v) is 8.11. The number of carboxylic acid groups (broad SMARTS) is 1. The van der Waals surface area contributed by atoms with Crippen molar-refractivity contribution in [3.05, 3.63) is 70.1 Å². The fourth-order valence-corrected chi connectivity index (χ4v) is 4.12. The van der Waals surface area contributed by atoms with Crippen LogP contribution in [-0.2, 0) is 17.6 Å². The molecule has 1 unspecified atom stereocenters. The third kappa shape index (κ3) is 4.25. The van der Waals surface area contributed by atoms with Gasteiger partial charge in [-0.2, -0.15) is 0 Å². The number of carboxylic acids is 1. The molecular weight excluding hydrogens is 378 g/mol. The zero-order valence-electron chi connectivity index (χ0n) is 17.7. The Morgan fingerprint density at radius 1 is 1.17 bits per heavy atom. The maximum Gasteiger partial charge on any atom is 0.303 e. The van der Waals surface area contributed by atoms with Gasteiger partial charge in [0.2, 0.25) is 5.89 Å². The predicted molar refractivity (Wildman–Crippen MR) is 115 cm³/mol. The van der Waals surface area contributed by atoms with E-state index in [1.807, 2.05) is 31.2 Å². The summed E-state index contributed by atoms with van der Waals surface area (Å²) in [6.07, 6.45) is 2.66. The van der Waals surface area contributed by atoms with Crippen molar-refractivity contribution in [2.24, 2.45) is 0 Å². The van der Waals surface area contributed by atoms with Crippen LogP contribution < -0.4 is 4.74 Å². The number of hydrogen-bond acceptors (Lipinski definition) is 4. The van der Waals surface area contributed by atoms with Crippen LogP contribution in [0.5, 0.6) is 5.75 Å². The van der Waals surface area contributed by atoms with Crippen molar-refractivity contribution >= 4 is 5.97 Å². The average Bonchev–Trinajstić information content (AvgIpc) is 3.27. The molecule has 5 heteroatoms.